The van der Waals surface area contributed by atoms with Crippen LogP contribution in [0, 0.1) is 12.8 Å². The Labute approximate surface area is 132 Å². The van der Waals surface area contributed by atoms with E-state index in [2.05, 4.69) is 36.6 Å². The van der Waals surface area contributed by atoms with Crippen LogP contribution in [0.4, 0.5) is 0 Å². The van der Waals surface area contributed by atoms with Crippen LogP contribution in [0.1, 0.15) is 68.8 Å². The average Bonchev–Trinajstić information content (AvgIpc) is 2.68. The maximum atomic E-state index is 6.44. The van der Waals surface area contributed by atoms with E-state index in [0.717, 1.165) is 11.3 Å². The van der Waals surface area contributed by atoms with Crippen LogP contribution >= 0.6 is 11.6 Å². The van der Waals surface area contributed by atoms with E-state index >= 15 is 0 Å². The minimum absolute atomic E-state index is 0.0480. The monoisotopic (exact) mass is 304 g/mol. The van der Waals surface area contributed by atoms with Crippen molar-refractivity contribution >= 4 is 22.6 Å². The van der Waals surface area contributed by atoms with Crippen molar-refractivity contribution in [3.63, 3.8) is 0 Å². The summed E-state index contributed by atoms with van der Waals surface area (Å²) in [6, 6.07) is 7.12. The molecule has 3 rings (SSSR count). The van der Waals surface area contributed by atoms with Gasteiger partial charge in [-0.1, -0.05) is 32.3 Å². The highest BCUT2D eigenvalue weighted by Gasteiger charge is 2.27. The highest BCUT2D eigenvalue weighted by atomic mass is 35.5. The highest BCUT2D eigenvalue weighted by molar-refractivity contribution is 6.20. The van der Waals surface area contributed by atoms with E-state index in [4.69, 9.17) is 16.6 Å². The fraction of sp³-hybridized carbons (Fsp3) is 0.611. The number of aromatic nitrogens is 2. The van der Waals surface area contributed by atoms with Gasteiger partial charge in [0.15, 0.2) is 0 Å². The zero-order valence-electron chi connectivity index (χ0n) is 13.3. The molecule has 0 saturated heterocycles. The molecule has 3 unspecified atom stereocenters. The molecule has 21 heavy (non-hydrogen) atoms. The van der Waals surface area contributed by atoms with Gasteiger partial charge >= 0.3 is 0 Å². The Bertz CT molecular complexity index is 629. The predicted octanol–water partition coefficient (Wildman–Crippen LogP) is 5.79. The summed E-state index contributed by atoms with van der Waals surface area (Å²) >= 11 is 6.44. The molecule has 1 aliphatic rings. The molecule has 0 aliphatic heterocycles. The molecule has 1 aliphatic carbocycles. The van der Waals surface area contributed by atoms with Gasteiger partial charge in [-0.25, -0.2) is 4.98 Å². The number of nitrogens with zero attached hydrogens (tertiary/aromatic N) is 2. The quantitative estimate of drug-likeness (QED) is 0.507. The van der Waals surface area contributed by atoms with E-state index in [1.807, 2.05) is 6.92 Å². The predicted molar refractivity (Wildman–Crippen MR) is 90.0 cm³/mol. The molecular weight excluding hydrogens is 280 g/mol. The Hall–Kier alpha value is -1.02. The molecule has 0 amide bonds. The topological polar surface area (TPSA) is 17.8 Å². The molecule has 0 N–H and O–H groups in total. The van der Waals surface area contributed by atoms with E-state index in [1.54, 1.807) is 0 Å². The zero-order chi connectivity index (χ0) is 15.0. The normalized spacial score (nSPS) is 25.0. The third-order valence-electron chi connectivity index (χ3n) is 4.88. The van der Waals surface area contributed by atoms with Crippen LogP contribution in [-0.4, -0.2) is 9.55 Å². The smallest absolute Gasteiger partial charge is 0.127 e. The third kappa shape index (κ3) is 2.83. The van der Waals surface area contributed by atoms with Gasteiger partial charge in [0.05, 0.1) is 16.4 Å². The Kier molecular flexibility index (Phi) is 4.26. The second kappa shape index (κ2) is 6.00. The summed E-state index contributed by atoms with van der Waals surface area (Å²) in [6.07, 6.45) is 6.59. The number of halogens is 1. The molecule has 0 spiro atoms. The van der Waals surface area contributed by atoms with E-state index in [-0.39, 0.29) is 5.38 Å². The number of alkyl halides is 1. The number of hydrogen-bond acceptors (Lipinski definition) is 1. The van der Waals surface area contributed by atoms with Crippen molar-refractivity contribution in [3.05, 3.63) is 29.6 Å². The molecular formula is C18H25ClN2. The molecule has 1 heterocycles. The molecule has 1 fully saturated rings. The van der Waals surface area contributed by atoms with Gasteiger partial charge in [-0.3, -0.25) is 0 Å². The van der Waals surface area contributed by atoms with E-state index in [0.29, 0.717) is 12.0 Å². The molecule has 2 nitrogen and oxygen atoms in total. The van der Waals surface area contributed by atoms with Crippen LogP contribution in [0.15, 0.2) is 18.2 Å². The summed E-state index contributed by atoms with van der Waals surface area (Å²) in [5, 5.41) is -0.0480. The first-order valence-corrected chi connectivity index (χ1v) is 8.64. The van der Waals surface area contributed by atoms with Crippen LogP contribution in [0.2, 0.25) is 0 Å². The first kappa shape index (κ1) is 14.9. The van der Waals surface area contributed by atoms with E-state index in [9.17, 15) is 0 Å². The molecule has 1 aromatic carbocycles. The SMILES string of the molecule is Cc1ccc2c(c1)nc(C(C)Cl)n2C1CCCCCC1C. The number of fused-ring (bicyclic) bond motifs is 1. The standard InChI is InChI=1S/C18H25ClN2/c1-12-9-10-17-15(11-12)20-18(14(3)19)21(17)16-8-6-4-5-7-13(16)2/h9-11,13-14,16H,4-8H2,1-3H3. The van der Waals surface area contributed by atoms with Crippen molar-refractivity contribution in [2.45, 2.75) is 64.3 Å². The van der Waals surface area contributed by atoms with Gasteiger partial charge in [0.1, 0.15) is 5.82 Å². The van der Waals surface area contributed by atoms with Gasteiger partial charge in [0.25, 0.3) is 0 Å². The maximum Gasteiger partial charge on any atom is 0.127 e. The van der Waals surface area contributed by atoms with Crippen LogP contribution in [0.25, 0.3) is 11.0 Å². The lowest BCUT2D eigenvalue weighted by Crippen LogP contribution is -2.18. The number of benzene rings is 1. The van der Waals surface area contributed by atoms with E-state index in [1.165, 1.54) is 43.2 Å². The fourth-order valence-corrected chi connectivity index (χ4v) is 3.87. The second-order valence-corrected chi connectivity index (χ2v) is 7.29. The van der Waals surface area contributed by atoms with Crippen molar-refractivity contribution < 1.29 is 0 Å². The van der Waals surface area contributed by atoms with E-state index < -0.39 is 0 Å². The van der Waals surface area contributed by atoms with Crippen molar-refractivity contribution in [2.75, 3.05) is 0 Å². The molecule has 114 valence electrons. The number of hydrogen-bond donors (Lipinski definition) is 0. The molecule has 0 bridgehead atoms. The summed E-state index contributed by atoms with van der Waals surface area (Å²) in [6.45, 7) is 6.54. The minimum atomic E-state index is -0.0480. The first-order chi connectivity index (χ1) is 10.1. The Balaban J connectivity index is 2.16. The van der Waals surface area contributed by atoms with Crippen LogP contribution in [0.5, 0.6) is 0 Å². The zero-order valence-corrected chi connectivity index (χ0v) is 14.0. The second-order valence-electron chi connectivity index (χ2n) is 6.63. The number of rotatable bonds is 2. The number of imidazole rings is 1. The van der Waals surface area contributed by atoms with Crippen molar-refractivity contribution in [1.29, 1.82) is 0 Å². The Morgan fingerprint density at radius 1 is 1.24 bits per heavy atom. The summed E-state index contributed by atoms with van der Waals surface area (Å²) in [7, 11) is 0. The third-order valence-corrected chi connectivity index (χ3v) is 5.07. The average molecular weight is 305 g/mol. The first-order valence-electron chi connectivity index (χ1n) is 8.20. The molecule has 2 aromatic rings. The molecule has 1 saturated carbocycles. The van der Waals surface area contributed by atoms with Gasteiger partial charge in [0, 0.05) is 6.04 Å². The van der Waals surface area contributed by atoms with Gasteiger partial charge in [-0.15, -0.1) is 11.6 Å². The van der Waals surface area contributed by atoms with Crippen LogP contribution in [0.3, 0.4) is 0 Å². The highest BCUT2D eigenvalue weighted by Crippen LogP contribution is 2.38. The minimum Gasteiger partial charge on any atom is -0.323 e. The van der Waals surface area contributed by atoms with Gasteiger partial charge in [-0.2, -0.15) is 0 Å². The van der Waals surface area contributed by atoms with Crippen LogP contribution in [-0.2, 0) is 0 Å². The lowest BCUT2D eigenvalue weighted by atomic mass is 9.96. The molecule has 3 atom stereocenters. The van der Waals surface area contributed by atoms with Crippen molar-refractivity contribution in [2.24, 2.45) is 5.92 Å². The van der Waals surface area contributed by atoms with Crippen molar-refractivity contribution in [3.8, 4) is 0 Å². The maximum absolute atomic E-state index is 6.44. The largest absolute Gasteiger partial charge is 0.323 e. The summed E-state index contributed by atoms with van der Waals surface area (Å²) in [4.78, 5) is 4.84. The van der Waals surface area contributed by atoms with Gasteiger partial charge in [-0.05, 0) is 50.3 Å². The summed E-state index contributed by atoms with van der Waals surface area (Å²) in [5.41, 5.74) is 3.60. The fourth-order valence-electron chi connectivity index (χ4n) is 3.71. The summed E-state index contributed by atoms with van der Waals surface area (Å²) in [5.74, 6) is 1.73. The molecule has 3 heteroatoms. The lowest BCUT2D eigenvalue weighted by molar-refractivity contribution is 0.333. The molecule has 0 radical (unpaired) electrons. The Morgan fingerprint density at radius 3 is 2.76 bits per heavy atom. The Morgan fingerprint density at radius 2 is 2.00 bits per heavy atom. The van der Waals surface area contributed by atoms with Crippen LogP contribution < -0.4 is 0 Å². The molecule has 1 aromatic heterocycles. The van der Waals surface area contributed by atoms with Crippen molar-refractivity contribution in [1.82, 2.24) is 9.55 Å². The van der Waals surface area contributed by atoms with Gasteiger partial charge in [0.2, 0.25) is 0 Å². The summed E-state index contributed by atoms with van der Waals surface area (Å²) < 4.78 is 2.45. The van der Waals surface area contributed by atoms with Gasteiger partial charge < -0.3 is 4.57 Å². The lowest BCUT2D eigenvalue weighted by Gasteiger charge is -2.26. The number of aryl methyl sites for hydroxylation is 1.